The van der Waals surface area contributed by atoms with Gasteiger partial charge in [-0.25, -0.2) is 0 Å². The van der Waals surface area contributed by atoms with Gasteiger partial charge in [0.1, 0.15) is 0 Å². The number of nitrogens with two attached hydrogens (primary N) is 1. The number of carbonyl (C=O) groups excluding carboxylic acids is 1. The maximum absolute atomic E-state index is 12.4. The van der Waals surface area contributed by atoms with Crippen LogP contribution in [0.15, 0.2) is 24.3 Å². The molecule has 4 nitrogen and oxygen atoms in total. The lowest BCUT2D eigenvalue weighted by atomic mass is 9.88. The molecule has 0 aromatic heterocycles. The van der Waals surface area contributed by atoms with Crippen LogP contribution >= 0.6 is 12.4 Å². The van der Waals surface area contributed by atoms with Gasteiger partial charge in [-0.05, 0) is 38.2 Å². The fraction of sp³-hybridized carbons (Fsp3) is 0.632. The minimum Gasteiger partial charge on any atom is -0.373 e. The molecule has 134 valence electrons. The van der Waals surface area contributed by atoms with E-state index < -0.39 is 5.54 Å². The third kappa shape index (κ3) is 4.29. The van der Waals surface area contributed by atoms with Gasteiger partial charge in [-0.15, -0.1) is 12.4 Å². The van der Waals surface area contributed by atoms with E-state index in [-0.39, 0.29) is 24.4 Å². The second-order valence-electron chi connectivity index (χ2n) is 7.18. The van der Waals surface area contributed by atoms with E-state index in [1.165, 1.54) is 11.1 Å². The summed E-state index contributed by atoms with van der Waals surface area (Å²) in [5.41, 5.74) is 8.05. The van der Waals surface area contributed by atoms with Crippen LogP contribution in [0.4, 0.5) is 0 Å². The predicted molar refractivity (Wildman–Crippen MR) is 98.2 cm³/mol. The van der Waals surface area contributed by atoms with Gasteiger partial charge in [-0.2, -0.15) is 0 Å². The number of halogens is 1. The largest absolute Gasteiger partial charge is 0.373 e. The van der Waals surface area contributed by atoms with Gasteiger partial charge in [0.05, 0.1) is 11.6 Å². The third-order valence-corrected chi connectivity index (χ3v) is 5.32. The Balaban J connectivity index is 0.00000208. The molecule has 24 heavy (non-hydrogen) atoms. The molecule has 0 bridgehead atoms. The molecule has 1 aliphatic heterocycles. The number of carbonyl (C=O) groups is 1. The first-order valence-corrected chi connectivity index (χ1v) is 8.84. The molecule has 1 saturated heterocycles. The summed E-state index contributed by atoms with van der Waals surface area (Å²) < 4.78 is 6.02. The summed E-state index contributed by atoms with van der Waals surface area (Å²) in [5, 5.41) is 3.10. The Morgan fingerprint density at radius 2 is 1.92 bits per heavy atom. The molecule has 1 amide bonds. The van der Waals surface area contributed by atoms with E-state index in [1.807, 2.05) is 0 Å². The first-order valence-electron chi connectivity index (χ1n) is 8.84. The average molecular weight is 353 g/mol. The standard InChI is InChI=1S/C19H28N2O2.ClH/c1-14-6-8-15(9-7-14)17-16(5-4-12-23-17)13-21-18(22)19(20)10-2-3-11-19;/h6-9,16-17H,2-5,10-13,20H2,1H3,(H,21,22);1H. The van der Waals surface area contributed by atoms with Gasteiger partial charge in [0.25, 0.3) is 0 Å². The van der Waals surface area contributed by atoms with Gasteiger partial charge in [0.15, 0.2) is 0 Å². The molecule has 0 spiro atoms. The Morgan fingerprint density at radius 1 is 1.25 bits per heavy atom. The minimum atomic E-state index is -0.644. The lowest BCUT2D eigenvalue weighted by Gasteiger charge is -2.33. The number of rotatable bonds is 4. The van der Waals surface area contributed by atoms with Crippen LogP contribution in [0.25, 0.3) is 0 Å². The highest BCUT2D eigenvalue weighted by molar-refractivity contribution is 5.86. The van der Waals surface area contributed by atoms with Crippen molar-refractivity contribution in [2.45, 2.75) is 57.1 Å². The number of hydrogen-bond acceptors (Lipinski definition) is 3. The first kappa shape index (κ1) is 19.2. The van der Waals surface area contributed by atoms with Crippen molar-refractivity contribution in [2.24, 2.45) is 11.7 Å². The highest BCUT2D eigenvalue weighted by atomic mass is 35.5. The molecule has 5 heteroatoms. The minimum absolute atomic E-state index is 0. The summed E-state index contributed by atoms with van der Waals surface area (Å²) in [5.74, 6) is 0.337. The second-order valence-corrected chi connectivity index (χ2v) is 7.18. The van der Waals surface area contributed by atoms with Crippen molar-refractivity contribution in [1.29, 1.82) is 0 Å². The number of ether oxygens (including phenoxy) is 1. The van der Waals surface area contributed by atoms with Crippen LogP contribution in [0.2, 0.25) is 0 Å². The zero-order valence-electron chi connectivity index (χ0n) is 14.4. The second kappa shape index (κ2) is 8.32. The summed E-state index contributed by atoms with van der Waals surface area (Å²) in [7, 11) is 0. The van der Waals surface area contributed by atoms with E-state index in [2.05, 4.69) is 36.5 Å². The number of benzene rings is 1. The van der Waals surface area contributed by atoms with Gasteiger partial charge in [0, 0.05) is 19.1 Å². The van der Waals surface area contributed by atoms with E-state index in [0.29, 0.717) is 12.5 Å². The van der Waals surface area contributed by atoms with Crippen molar-refractivity contribution in [1.82, 2.24) is 5.32 Å². The Labute approximate surface area is 150 Å². The van der Waals surface area contributed by atoms with Crippen LogP contribution < -0.4 is 11.1 Å². The van der Waals surface area contributed by atoms with Crippen molar-refractivity contribution in [3.63, 3.8) is 0 Å². The van der Waals surface area contributed by atoms with Crippen LogP contribution in [0.5, 0.6) is 0 Å². The summed E-state index contributed by atoms with van der Waals surface area (Å²) in [6.07, 6.45) is 5.93. The summed E-state index contributed by atoms with van der Waals surface area (Å²) in [6.45, 7) is 3.53. The van der Waals surface area contributed by atoms with E-state index in [9.17, 15) is 4.79 Å². The van der Waals surface area contributed by atoms with E-state index >= 15 is 0 Å². The monoisotopic (exact) mass is 352 g/mol. The third-order valence-electron chi connectivity index (χ3n) is 5.32. The molecule has 1 aromatic rings. The molecule has 0 radical (unpaired) electrons. The maximum atomic E-state index is 12.4. The lowest BCUT2D eigenvalue weighted by molar-refractivity contribution is -0.127. The fourth-order valence-corrected chi connectivity index (χ4v) is 3.81. The molecule has 1 saturated carbocycles. The molecule has 3 N–H and O–H groups in total. The molecule has 2 aliphatic rings. The summed E-state index contributed by atoms with van der Waals surface area (Å²) in [6, 6.07) is 8.52. The Bertz CT molecular complexity index is 541. The van der Waals surface area contributed by atoms with Crippen LogP contribution in [0.1, 0.15) is 55.8 Å². The van der Waals surface area contributed by atoms with Crippen LogP contribution in [0, 0.1) is 12.8 Å². The Morgan fingerprint density at radius 3 is 2.58 bits per heavy atom. The molecule has 1 heterocycles. The van der Waals surface area contributed by atoms with Crippen LogP contribution in [-0.2, 0) is 9.53 Å². The zero-order chi connectivity index (χ0) is 16.3. The van der Waals surface area contributed by atoms with E-state index in [4.69, 9.17) is 10.5 Å². The van der Waals surface area contributed by atoms with E-state index in [1.54, 1.807) is 0 Å². The smallest absolute Gasteiger partial charge is 0.240 e. The van der Waals surface area contributed by atoms with Gasteiger partial charge >= 0.3 is 0 Å². The van der Waals surface area contributed by atoms with Gasteiger partial charge in [-0.3, -0.25) is 4.79 Å². The van der Waals surface area contributed by atoms with Crippen molar-refractivity contribution >= 4 is 18.3 Å². The SMILES string of the molecule is Cc1ccc(C2OCCCC2CNC(=O)C2(N)CCCC2)cc1.Cl. The predicted octanol–water partition coefficient (Wildman–Crippen LogP) is 3.27. The molecular formula is C19H29ClN2O2. The highest BCUT2D eigenvalue weighted by Crippen LogP contribution is 2.34. The van der Waals surface area contributed by atoms with Gasteiger partial charge in [-0.1, -0.05) is 42.7 Å². The Kier molecular flexibility index (Phi) is 6.67. The number of nitrogens with one attached hydrogen (secondary N) is 1. The fourth-order valence-electron chi connectivity index (χ4n) is 3.81. The maximum Gasteiger partial charge on any atom is 0.240 e. The molecule has 2 unspecified atom stereocenters. The Hall–Kier alpha value is -1.10. The molecule has 2 atom stereocenters. The first-order chi connectivity index (χ1) is 11.1. The topological polar surface area (TPSA) is 64.3 Å². The number of amides is 1. The normalized spacial score (nSPS) is 25.8. The van der Waals surface area contributed by atoms with E-state index in [0.717, 1.165) is 45.1 Å². The van der Waals surface area contributed by atoms with Crippen molar-refractivity contribution in [2.75, 3.05) is 13.2 Å². The van der Waals surface area contributed by atoms with Crippen LogP contribution in [0.3, 0.4) is 0 Å². The van der Waals surface area contributed by atoms with Gasteiger partial charge < -0.3 is 15.8 Å². The summed E-state index contributed by atoms with van der Waals surface area (Å²) in [4.78, 5) is 12.4. The van der Waals surface area contributed by atoms with Gasteiger partial charge in [0.2, 0.25) is 5.91 Å². The van der Waals surface area contributed by atoms with Crippen molar-refractivity contribution in [3.8, 4) is 0 Å². The number of hydrogen-bond donors (Lipinski definition) is 2. The average Bonchev–Trinajstić information content (AvgIpc) is 3.02. The van der Waals surface area contributed by atoms with Crippen LogP contribution in [-0.4, -0.2) is 24.6 Å². The molecule has 2 fully saturated rings. The molecule has 3 rings (SSSR count). The molecular weight excluding hydrogens is 324 g/mol. The molecule has 1 aromatic carbocycles. The van der Waals surface area contributed by atoms with Crippen molar-refractivity contribution in [3.05, 3.63) is 35.4 Å². The van der Waals surface area contributed by atoms with Crippen molar-refractivity contribution < 1.29 is 9.53 Å². The lowest BCUT2D eigenvalue weighted by Crippen LogP contribution is -2.53. The quantitative estimate of drug-likeness (QED) is 0.874. The molecule has 1 aliphatic carbocycles. The number of aryl methyl sites for hydroxylation is 1. The summed E-state index contributed by atoms with van der Waals surface area (Å²) >= 11 is 0. The highest BCUT2D eigenvalue weighted by Gasteiger charge is 2.37. The zero-order valence-corrected chi connectivity index (χ0v) is 15.2.